The molecule has 2 aliphatic rings. The largest absolute Gasteiger partial charge is 0.492 e. The normalized spacial score (nSPS) is 18.6. The number of amides is 1. The minimum atomic E-state index is 0.116. The Balaban J connectivity index is 1.31. The van der Waals surface area contributed by atoms with Crippen molar-refractivity contribution in [1.82, 2.24) is 24.6 Å². The SMILES string of the molecule is CC(C)Cc1cc(C(=O)N2CCC3(CCCCc4ccccc4OCCN(Cc4cccnc4)C3)CC2)n(C)n1. The maximum Gasteiger partial charge on any atom is 0.272 e. The number of ether oxygens (including phenoxy) is 1. The number of carbonyl (C=O) groups excluding carboxylic acids is 1. The highest BCUT2D eigenvalue weighted by Gasteiger charge is 2.38. The summed E-state index contributed by atoms with van der Waals surface area (Å²) in [6.45, 7) is 9.36. The van der Waals surface area contributed by atoms with Crippen molar-refractivity contribution in [3.05, 3.63) is 77.4 Å². The van der Waals surface area contributed by atoms with E-state index < -0.39 is 0 Å². The second-order valence-corrected chi connectivity index (χ2v) is 12.3. The molecule has 2 aliphatic heterocycles. The fourth-order valence-corrected chi connectivity index (χ4v) is 6.47. The average molecular weight is 544 g/mol. The van der Waals surface area contributed by atoms with E-state index in [1.807, 2.05) is 31.6 Å². The van der Waals surface area contributed by atoms with Crippen LogP contribution in [-0.4, -0.2) is 63.3 Å². The molecule has 1 saturated heterocycles. The van der Waals surface area contributed by atoms with Gasteiger partial charge in [0.25, 0.3) is 5.91 Å². The van der Waals surface area contributed by atoms with E-state index in [1.54, 1.807) is 4.68 Å². The Labute approximate surface area is 239 Å². The van der Waals surface area contributed by atoms with Crippen molar-refractivity contribution in [2.75, 3.05) is 32.8 Å². The van der Waals surface area contributed by atoms with Crippen LogP contribution in [0.5, 0.6) is 5.75 Å². The number of rotatable bonds is 5. The monoisotopic (exact) mass is 543 g/mol. The van der Waals surface area contributed by atoms with E-state index >= 15 is 0 Å². The molecule has 1 fully saturated rings. The molecule has 7 heteroatoms. The van der Waals surface area contributed by atoms with Gasteiger partial charge in [-0.3, -0.25) is 19.4 Å². The van der Waals surface area contributed by atoms with E-state index in [-0.39, 0.29) is 11.3 Å². The van der Waals surface area contributed by atoms with Gasteiger partial charge in [-0.2, -0.15) is 5.10 Å². The van der Waals surface area contributed by atoms with Gasteiger partial charge in [0.2, 0.25) is 0 Å². The summed E-state index contributed by atoms with van der Waals surface area (Å²) in [4.78, 5) is 22.5. The predicted octanol–water partition coefficient (Wildman–Crippen LogP) is 5.54. The van der Waals surface area contributed by atoms with Gasteiger partial charge in [0.1, 0.15) is 18.1 Å². The Morgan fingerprint density at radius 1 is 1.05 bits per heavy atom. The summed E-state index contributed by atoms with van der Waals surface area (Å²) in [5, 5.41) is 4.62. The van der Waals surface area contributed by atoms with E-state index in [1.165, 1.54) is 24.0 Å². The first-order valence-electron chi connectivity index (χ1n) is 15.0. The molecular weight excluding hydrogens is 498 g/mol. The summed E-state index contributed by atoms with van der Waals surface area (Å²) in [7, 11) is 1.89. The third kappa shape index (κ3) is 7.11. The van der Waals surface area contributed by atoms with Gasteiger partial charge >= 0.3 is 0 Å². The van der Waals surface area contributed by atoms with Crippen molar-refractivity contribution < 1.29 is 9.53 Å². The molecule has 0 aliphatic carbocycles. The number of aromatic nitrogens is 3. The van der Waals surface area contributed by atoms with E-state index in [0.717, 1.165) is 76.3 Å². The van der Waals surface area contributed by atoms with Gasteiger partial charge in [0.05, 0.1) is 5.69 Å². The topological polar surface area (TPSA) is 63.5 Å². The number of hydrogen-bond acceptors (Lipinski definition) is 5. The molecule has 0 radical (unpaired) electrons. The first-order chi connectivity index (χ1) is 19.4. The molecular formula is C33H45N5O2. The summed E-state index contributed by atoms with van der Waals surface area (Å²) in [5.41, 5.74) is 4.44. The van der Waals surface area contributed by atoms with Crippen molar-refractivity contribution >= 4 is 5.91 Å². The average Bonchev–Trinajstić information content (AvgIpc) is 3.30. The molecule has 0 N–H and O–H groups in total. The van der Waals surface area contributed by atoms with Crippen molar-refractivity contribution in [2.24, 2.45) is 18.4 Å². The molecule has 1 aromatic carbocycles. The van der Waals surface area contributed by atoms with Gasteiger partial charge in [-0.1, -0.05) is 44.5 Å². The predicted molar refractivity (Wildman–Crippen MR) is 158 cm³/mol. The van der Waals surface area contributed by atoms with Crippen molar-refractivity contribution in [2.45, 2.75) is 65.3 Å². The van der Waals surface area contributed by atoms with Crippen LogP contribution in [0.3, 0.4) is 0 Å². The second kappa shape index (κ2) is 13.0. The van der Waals surface area contributed by atoms with Crippen LogP contribution in [-0.2, 0) is 26.4 Å². The zero-order valence-corrected chi connectivity index (χ0v) is 24.5. The lowest BCUT2D eigenvalue weighted by Crippen LogP contribution is -2.48. The van der Waals surface area contributed by atoms with Crippen LogP contribution in [0.15, 0.2) is 54.9 Å². The van der Waals surface area contributed by atoms with E-state index in [0.29, 0.717) is 18.2 Å². The molecule has 40 heavy (non-hydrogen) atoms. The number of likely N-dealkylation sites (tertiary alicyclic amines) is 1. The van der Waals surface area contributed by atoms with Gasteiger partial charge in [-0.15, -0.1) is 0 Å². The minimum absolute atomic E-state index is 0.116. The molecule has 214 valence electrons. The Kier molecular flexibility index (Phi) is 9.20. The summed E-state index contributed by atoms with van der Waals surface area (Å²) in [6, 6.07) is 14.7. The van der Waals surface area contributed by atoms with Crippen LogP contribution >= 0.6 is 0 Å². The van der Waals surface area contributed by atoms with Crippen molar-refractivity contribution in [3.63, 3.8) is 0 Å². The Bertz CT molecular complexity index is 1250. The molecule has 0 atom stereocenters. The molecule has 0 bridgehead atoms. The zero-order valence-electron chi connectivity index (χ0n) is 24.5. The molecule has 1 amide bonds. The van der Waals surface area contributed by atoms with Crippen molar-refractivity contribution in [3.8, 4) is 5.75 Å². The van der Waals surface area contributed by atoms with Crippen LogP contribution in [0, 0.1) is 11.3 Å². The lowest BCUT2D eigenvalue weighted by Gasteiger charge is -2.45. The number of para-hydroxylation sites is 1. The number of fused-ring (bicyclic) bond motifs is 1. The second-order valence-electron chi connectivity index (χ2n) is 12.3. The Morgan fingerprint density at radius 2 is 1.88 bits per heavy atom. The van der Waals surface area contributed by atoms with E-state index in [2.05, 4.69) is 64.1 Å². The number of piperidine rings is 1. The quantitative estimate of drug-likeness (QED) is 0.423. The fraction of sp³-hybridized carbons (Fsp3) is 0.545. The highest BCUT2D eigenvalue weighted by atomic mass is 16.5. The van der Waals surface area contributed by atoms with Gasteiger partial charge < -0.3 is 9.64 Å². The molecule has 4 heterocycles. The molecule has 3 aromatic rings. The van der Waals surface area contributed by atoms with Gasteiger partial charge in [-0.05, 0) is 79.2 Å². The molecule has 0 saturated carbocycles. The van der Waals surface area contributed by atoms with Gasteiger partial charge in [0.15, 0.2) is 0 Å². The molecule has 1 spiro atoms. The maximum absolute atomic E-state index is 13.6. The molecule has 5 rings (SSSR count). The number of hydrogen-bond donors (Lipinski definition) is 0. The first kappa shape index (κ1) is 28.3. The number of benzene rings is 1. The zero-order chi connectivity index (χ0) is 28.0. The third-order valence-electron chi connectivity index (χ3n) is 8.61. The number of pyridine rings is 1. The summed E-state index contributed by atoms with van der Waals surface area (Å²) in [5.74, 6) is 1.66. The minimum Gasteiger partial charge on any atom is -0.492 e. The van der Waals surface area contributed by atoms with Gasteiger partial charge in [0, 0.05) is 52.2 Å². The van der Waals surface area contributed by atoms with E-state index in [4.69, 9.17) is 4.74 Å². The molecule has 0 unspecified atom stereocenters. The van der Waals surface area contributed by atoms with Crippen LogP contribution in [0.2, 0.25) is 0 Å². The van der Waals surface area contributed by atoms with Crippen LogP contribution in [0.4, 0.5) is 0 Å². The molecule has 7 nitrogen and oxygen atoms in total. The Morgan fingerprint density at radius 3 is 2.65 bits per heavy atom. The van der Waals surface area contributed by atoms with Crippen LogP contribution in [0.1, 0.15) is 73.3 Å². The third-order valence-corrected chi connectivity index (χ3v) is 8.61. The van der Waals surface area contributed by atoms with E-state index in [9.17, 15) is 4.79 Å². The van der Waals surface area contributed by atoms with Crippen LogP contribution < -0.4 is 4.74 Å². The summed E-state index contributed by atoms with van der Waals surface area (Å²) in [6.07, 6.45) is 11.3. The summed E-state index contributed by atoms with van der Waals surface area (Å²) < 4.78 is 8.09. The standard InChI is InChI=1S/C33H45N5O2/c1-26(2)21-29-22-30(36(3)35-29)32(39)38-17-14-33(15-18-38)13-7-6-11-28-10-4-5-12-31(28)40-20-19-37(25-33)24-27-9-8-16-34-23-27/h4-5,8-10,12,16,22-23,26H,6-7,11,13-15,17-21,24-25H2,1-3H3. The number of aryl methyl sites for hydroxylation is 2. The fourth-order valence-electron chi connectivity index (χ4n) is 6.47. The Hall–Kier alpha value is -3.19. The molecule has 2 aromatic heterocycles. The highest BCUT2D eigenvalue weighted by molar-refractivity contribution is 5.92. The van der Waals surface area contributed by atoms with Crippen molar-refractivity contribution in [1.29, 1.82) is 0 Å². The van der Waals surface area contributed by atoms with Crippen LogP contribution in [0.25, 0.3) is 0 Å². The number of nitrogens with zero attached hydrogens (tertiary/aromatic N) is 5. The maximum atomic E-state index is 13.6. The van der Waals surface area contributed by atoms with Gasteiger partial charge in [-0.25, -0.2) is 0 Å². The summed E-state index contributed by atoms with van der Waals surface area (Å²) >= 11 is 0. The number of carbonyl (C=O) groups is 1. The smallest absolute Gasteiger partial charge is 0.272 e. The highest BCUT2D eigenvalue weighted by Crippen LogP contribution is 2.39. The lowest BCUT2D eigenvalue weighted by atomic mass is 9.73. The lowest BCUT2D eigenvalue weighted by molar-refractivity contribution is 0.0354. The first-order valence-corrected chi connectivity index (χ1v) is 15.0.